The van der Waals surface area contributed by atoms with Crippen molar-refractivity contribution in [1.82, 2.24) is 24.4 Å². The van der Waals surface area contributed by atoms with Gasteiger partial charge in [-0.15, -0.1) is 0 Å². The highest BCUT2D eigenvalue weighted by atomic mass is 16.8. The summed E-state index contributed by atoms with van der Waals surface area (Å²) in [7, 11) is 2.06. The summed E-state index contributed by atoms with van der Waals surface area (Å²) in [5.41, 5.74) is 12.7. The van der Waals surface area contributed by atoms with Crippen LogP contribution in [0.15, 0.2) is 12.7 Å². The Labute approximate surface area is 163 Å². The lowest BCUT2D eigenvalue weighted by atomic mass is 10.1. The first-order valence-corrected chi connectivity index (χ1v) is 9.22. The molecule has 2 fully saturated rings. The van der Waals surface area contributed by atoms with E-state index >= 15 is 0 Å². The molecule has 0 aromatic carbocycles. The fraction of sp³-hybridized carbons (Fsp3) is 0.706. The molecular weight excluding hydrogens is 366 g/mol. The summed E-state index contributed by atoms with van der Waals surface area (Å²) in [6, 6.07) is 0. The maximum atomic E-state index is 6.36. The molecule has 0 spiro atoms. The van der Waals surface area contributed by atoms with Crippen LogP contribution in [0.4, 0.5) is 5.82 Å². The molecule has 0 aliphatic carbocycles. The Hall–Kier alpha value is -1.89. The molecule has 0 bridgehead atoms. The first-order valence-electron chi connectivity index (χ1n) is 9.22. The van der Waals surface area contributed by atoms with E-state index in [1.165, 1.54) is 6.33 Å². The molecule has 156 valence electrons. The van der Waals surface area contributed by atoms with Crippen LogP contribution in [-0.2, 0) is 14.2 Å². The normalized spacial score (nSPS) is 28.6. The third kappa shape index (κ3) is 3.69. The number of nitrogen functional groups attached to an aromatic ring is 1. The Morgan fingerprint density at radius 1 is 1.21 bits per heavy atom. The fourth-order valence-corrected chi connectivity index (χ4v) is 3.85. The van der Waals surface area contributed by atoms with E-state index in [0.29, 0.717) is 23.5 Å². The van der Waals surface area contributed by atoms with Crippen molar-refractivity contribution in [2.75, 3.05) is 32.4 Å². The zero-order chi connectivity index (χ0) is 19.2. The molecule has 2 aliphatic heterocycles. The zero-order valence-corrected chi connectivity index (χ0v) is 16.4. The lowest BCUT2D eigenvalue weighted by Gasteiger charge is -2.27. The predicted molar refractivity (Wildman–Crippen MR) is 102 cm³/mol. The standard InChI is InChI=1S/C17H27N7O3.H2O/c1-17(2)26-12-10(7-23(3)6-4-5-18)25-16(13(12)27-17)24-9-22-11-14(19)20-8-21-15(11)24;/h8-10,12-13,16H,4-7,18H2,1-3H3,(H2,19,20,21);1H2/t10-,12-,13-,16-;/m1./s1. The summed E-state index contributed by atoms with van der Waals surface area (Å²) in [4.78, 5) is 14.9. The minimum Gasteiger partial charge on any atom is -0.412 e. The molecule has 6 N–H and O–H groups in total. The number of nitrogens with two attached hydrogens (primary N) is 2. The molecule has 4 rings (SSSR count). The van der Waals surface area contributed by atoms with Gasteiger partial charge in [-0.25, -0.2) is 15.0 Å². The Bertz CT molecular complexity index is 814. The van der Waals surface area contributed by atoms with Gasteiger partial charge in [0.15, 0.2) is 23.5 Å². The van der Waals surface area contributed by atoms with E-state index in [0.717, 1.165) is 19.5 Å². The Morgan fingerprint density at radius 2 is 1.96 bits per heavy atom. The SMILES string of the molecule is CN(CCCN)C[C@H]1O[C@@H](n2cnc3c(N)ncnc32)[C@@H]2OC(C)(C)O[C@@H]21.O. The van der Waals surface area contributed by atoms with Crippen molar-refractivity contribution in [3.63, 3.8) is 0 Å². The van der Waals surface area contributed by atoms with E-state index in [4.69, 9.17) is 25.7 Å². The van der Waals surface area contributed by atoms with Crippen LogP contribution in [0.2, 0.25) is 0 Å². The third-order valence-corrected chi connectivity index (χ3v) is 5.02. The van der Waals surface area contributed by atoms with Gasteiger partial charge in [0.25, 0.3) is 0 Å². The molecule has 11 nitrogen and oxygen atoms in total. The Kier molecular flexibility index (Phi) is 5.84. The Morgan fingerprint density at radius 3 is 2.71 bits per heavy atom. The summed E-state index contributed by atoms with van der Waals surface area (Å²) >= 11 is 0. The van der Waals surface area contributed by atoms with Crippen molar-refractivity contribution >= 4 is 17.0 Å². The van der Waals surface area contributed by atoms with E-state index in [9.17, 15) is 0 Å². The number of fused-ring (bicyclic) bond motifs is 2. The van der Waals surface area contributed by atoms with Crippen molar-refractivity contribution in [2.45, 2.75) is 50.6 Å². The molecule has 4 heterocycles. The number of aromatic nitrogens is 4. The second-order valence-electron chi connectivity index (χ2n) is 7.62. The van der Waals surface area contributed by atoms with Crippen LogP contribution in [0, 0.1) is 0 Å². The topological polar surface area (TPSA) is 158 Å². The van der Waals surface area contributed by atoms with Crippen molar-refractivity contribution in [1.29, 1.82) is 0 Å². The number of nitrogens with zero attached hydrogens (tertiary/aromatic N) is 5. The highest BCUT2D eigenvalue weighted by molar-refractivity contribution is 5.81. The maximum Gasteiger partial charge on any atom is 0.167 e. The van der Waals surface area contributed by atoms with Crippen molar-refractivity contribution in [3.8, 4) is 0 Å². The molecule has 11 heteroatoms. The highest BCUT2D eigenvalue weighted by Crippen LogP contribution is 2.43. The highest BCUT2D eigenvalue weighted by Gasteiger charge is 2.56. The van der Waals surface area contributed by atoms with Crippen molar-refractivity contribution < 1.29 is 19.7 Å². The number of hydrogen-bond acceptors (Lipinski definition) is 9. The molecule has 2 aromatic heterocycles. The second kappa shape index (κ2) is 7.85. The van der Waals surface area contributed by atoms with Gasteiger partial charge in [-0.1, -0.05) is 0 Å². The summed E-state index contributed by atoms with van der Waals surface area (Å²) in [6.45, 7) is 6.13. The van der Waals surface area contributed by atoms with E-state index < -0.39 is 12.0 Å². The molecule has 28 heavy (non-hydrogen) atoms. The number of likely N-dealkylation sites (N-methyl/N-ethyl adjacent to an activating group) is 1. The predicted octanol–water partition coefficient (Wildman–Crippen LogP) is -0.718. The van der Waals surface area contributed by atoms with Crippen LogP contribution >= 0.6 is 0 Å². The number of hydrogen-bond donors (Lipinski definition) is 2. The first kappa shape index (κ1) is 20.8. The number of ether oxygens (including phenoxy) is 3. The van der Waals surface area contributed by atoms with E-state index in [-0.39, 0.29) is 23.8 Å². The molecule has 2 aromatic rings. The second-order valence-corrected chi connectivity index (χ2v) is 7.62. The summed E-state index contributed by atoms with van der Waals surface area (Å²) in [6.07, 6.45) is 3.06. The van der Waals surface area contributed by atoms with E-state index in [1.54, 1.807) is 6.33 Å². The van der Waals surface area contributed by atoms with Crippen LogP contribution in [0.5, 0.6) is 0 Å². The molecule has 2 aliphatic rings. The van der Waals surface area contributed by atoms with Crippen LogP contribution in [0.3, 0.4) is 0 Å². The zero-order valence-electron chi connectivity index (χ0n) is 16.4. The first-order chi connectivity index (χ1) is 12.9. The van der Waals surface area contributed by atoms with Gasteiger partial charge in [0.1, 0.15) is 30.2 Å². The summed E-state index contributed by atoms with van der Waals surface area (Å²) in [5, 5.41) is 0. The van der Waals surface area contributed by atoms with Crippen LogP contribution in [0.1, 0.15) is 26.5 Å². The van der Waals surface area contributed by atoms with E-state index in [2.05, 4.69) is 26.9 Å². The lowest BCUT2D eigenvalue weighted by Crippen LogP contribution is -2.39. The average molecular weight is 395 g/mol. The van der Waals surface area contributed by atoms with Gasteiger partial charge < -0.3 is 36.1 Å². The van der Waals surface area contributed by atoms with Gasteiger partial charge in [0.2, 0.25) is 0 Å². The lowest BCUT2D eigenvalue weighted by molar-refractivity contribution is -0.197. The number of imidazole rings is 1. The van der Waals surface area contributed by atoms with Crippen molar-refractivity contribution in [3.05, 3.63) is 12.7 Å². The Balaban J connectivity index is 0.00000225. The molecule has 0 saturated carbocycles. The molecule has 0 amide bonds. The monoisotopic (exact) mass is 395 g/mol. The quantitative estimate of drug-likeness (QED) is 0.644. The molecule has 4 atom stereocenters. The summed E-state index contributed by atoms with van der Waals surface area (Å²) < 4.78 is 20.6. The van der Waals surface area contributed by atoms with Gasteiger partial charge in [-0.05, 0) is 40.4 Å². The minimum atomic E-state index is -0.671. The van der Waals surface area contributed by atoms with Gasteiger partial charge in [-0.2, -0.15) is 0 Å². The maximum absolute atomic E-state index is 6.36. The largest absolute Gasteiger partial charge is 0.412 e. The molecular formula is C17H29N7O4. The van der Waals surface area contributed by atoms with Gasteiger partial charge in [-0.3, -0.25) is 4.57 Å². The van der Waals surface area contributed by atoms with Crippen molar-refractivity contribution in [2.24, 2.45) is 5.73 Å². The number of rotatable bonds is 6. The van der Waals surface area contributed by atoms with Crippen LogP contribution < -0.4 is 11.5 Å². The fourth-order valence-electron chi connectivity index (χ4n) is 3.85. The van der Waals surface area contributed by atoms with Gasteiger partial charge in [0.05, 0.1) is 6.33 Å². The van der Waals surface area contributed by atoms with Gasteiger partial charge in [0, 0.05) is 6.54 Å². The number of anilines is 1. The third-order valence-electron chi connectivity index (χ3n) is 5.02. The molecule has 2 saturated heterocycles. The van der Waals surface area contributed by atoms with Crippen LogP contribution in [-0.4, -0.2) is 80.7 Å². The molecule has 0 unspecified atom stereocenters. The average Bonchev–Trinajstić information content (AvgIpc) is 3.26. The minimum absolute atomic E-state index is 0. The molecule has 0 radical (unpaired) electrons. The van der Waals surface area contributed by atoms with Crippen LogP contribution in [0.25, 0.3) is 11.2 Å². The van der Waals surface area contributed by atoms with E-state index in [1.807, 2.05) is 18.4 Å². The summed E-state index contributed by atoms with van der Waals surface area (Å²) in [5.74, 6) is -0.328. The van der Waals surface area contributed by atoms with Gasteiger partial charge >= 0.3 is 0 Å². The smallest absolute Gasteiger partial charge is 0.167 e.